The smallest absolute Gasteiger partial charge is 0.00489 e. The van der Waals surface area contributed by atoms with E-state index in [1.54, 1.807) is 0 Å². The Morgan fingerprint density at radius 1 is 0.900 bits per heavy atom. The first-order valence-corrected chi connectivity index (χ1v) is 6.71. The van der Waals surface area contributed by atoms with Gasteiger partial charge in [-0.3, -0.25) is 0 Å². The molecule has 1 fully saturated rings. The average molecular weight is 181 g/mol. The molecule has 0 radical (unpaired) electrons. The monoisotopic (exact) mass is 181 g/mol. The minimum atomic E-state index is 1.25. The van der Waals surface area contributed by atoms with Gasteiger partial charge in [0.05, 0.1) is 0 Å². The highest BCUT2D eigenvalue weighted by atomic mass is 32.0. The minimum Gasteiger partial charge on any atom is -0.317 e. The lowest BCUT2D eigenvalue weighted by molar-refractivity contribution is 0.520. The molecule has 10 heavy (non-hydrogen) atoms. The SMILES string of the molecule is C1CCNCC1.CC.PP. The van der Waals surface area contributed by atoms with E-state index in [0.29, 0.717) is 0 Å². The highest BCUT2D eigenvalue weighted by Gasteiger charge is 1.93. The summed E-state index contributed by atoms with van der Waals surface area (Å²) in [4.78, 5) is 0. The molecule has 0 amide bonds. The van der Waals surface area contributed by atoms with Gasteiger partial charge in [-0.25, -0.2) is 0 Å². The van der Waals surface area contributed by atoms with Gasteiger partial charge in [0.25, 0.3) is 0 Å². The zero-order valence-corrected chi connectivity index (χ0v) is 9.50. The van der Waals surface area contributed by atoms with Crippen LogP contribution in [-0.2, 0) is 0 Å². The highest BCUT2D eigenvalue weighted by molar-refractivity contribution is 7.92. The fraction of sp³-hybridized carbons (Fsp3) is 1.00. The van der Waals surface area contributed by atoms with Crippen LogP contribution in [0.2, 0.25) is 0 Å². The third-order valence-electron chi connectivity index (χ3n) is 1.21. The zero-order valence-electron chi connectivity index (χ0n) is 7.19. The molecule has 1 aliphatic heterocycles. The van der Waals surface area contributed by atoms with Crippen LogP contribution in [0, 0.1) is 0 Å². The van der Waals surface area contributed by atoms with E-state index in [1.807, 2.05) is 13.8 Å². The molecule has 2 unspecified atom stereocenters. The van der Waals surface area contributed by atoms with Crippen molar-refractivity contribution in [2.45, 2.75) is 33.1 Å². The van der Waals surface area contributed by atoms with E-state index >= 15 is 0 Å². The van der Waals surface area contributed by atoms with Crippen molar-refractivity contribution in [1.29, 1.82) is 0 Å². The largest absolute Gasteiger partial charge is 0.317 e. The molecule has 1 saturated heterocycles. The molecular formula is C7H21NP2. The van der Waals surface area contributed by atoms with Crippen LogP contribution in [0.5, 0.6) is 0 Å². The van der Waals surface area contributed by atoms with Gasteiger partial charge in [-0.1, -0.05) is 20.3 Å². The molecule has 0 spiro atoms. The summed E-state index contributed by atoms with van der Waals surface area (Å²) < 4.78 is 0. The van der Waals surface area contributed by atoms with Crippen LogP contribution in [0.15, 0.2) is 0 Å². The number of nitrogens with one attached hydrogen (secondary N) is 1. The first-order chi connectivity index (χ1) is 5.00. The fourth-order valence-electron chi connectivity index (χ4n) is 0.802. The van der Waals surface area contributed by atoms with Crippen molar-refractivity contribution >= 4 is 17.9 Å². The van der Waals surface area contributed by atoms with Crippen molar-refractivity contribution in [3.63, 3.8) is 0 Å². The lowest BCUT2D eigenvalue weighted by atomic mass is 10.2. The van der Waals surface area contributed by atoms with E-state index in [2.05, 4.69) is 23.2 Å². The minimum absolute atomic E-state index is 1.25. The summed E-state index contributed by atoms with van der Waals surface area (Å²) in [6, 6.07) is 0. The number of hydrogen-bond acceptors (Lipinski definition) is 1. The van der Waals surface area contributed by atoms with Crippen LogP contribution >= 0.6 is 17.9 Å². The van der Waals surface area contributed by atoms with Gasteiger partial charge in [-0.2, -0.15) is 0 Å². The summed E-state index contributed by atoms with van der Waals surface area (Å²) in [6.07, 6.45) is 4.22. The summed E-state index contributed by atoms with van der Waals surface area (Å²) in [7, 11) is 4.67. The van der Waals surface area contributed by atoms with Gasteiger partial charge in [0.1, 0.15) is 0 Å². The van der Waals surface area contributed by atoms with Gasteiger partial charge in [-0.15, -0.1) is 17.9 Å². The average Bonchev–Trinajstić information content (AvgIpc) is 2.14. The molecule has 0 aromatic rings. The summed E-state index contributed by atoms with van der Waals surface area (Å²) >= 11 is 0. The summed E-state index contributed by atoms with van der Waals surface area (Å²) in [5, 5.41) is 3.28. The Kier molecular flexibility index (Phi) is 22.0. The van der Waals surface area contributed by atoms with Crippen LogP contribution in [0.1, 0.15) is 33.1 Å². The second-order valence-electron chi connectivity index (χ2n) is 1.81. The van der Waals surface area contributed by atoms with E-state index in [9.17, 15) is 0 Å². The molecule has 0 aromatic carbocycles. The summed E-state index contributed by atoms with van der Waals surface area (Å²) in [6.45, 7) is 6.50. The topological polar surface area (TPSA) is 12.0 Å². The van der Waals surface area contributed by atoms with Gasteiger partial charge in [-0.05, 0) is 25.9 Å². The quantitative estimate of drug-likeness (QED) is 0.566. The van der Waals surface area contributed by atoms with Crippen LogP contribution in [0.3, 0.4) is 0 Å². The van der Waals surface area contributed by atoms with Crippen molar-refractivity contribution in [3.8, 4) is 0 Å². The number of piperidine rings is 1. The van der Waals surface area contributed by atoms with E-state index in [0.717, 1.165) is 0 Å². The maximum absolute atomic E-state index is 3.28. The van der Waals surface area contributed by atoms with E-state index in [1.165, 1.54) is 32.4 Å². The van der Waals surface area contributed by atoms with E-state index < -0.39 is 0 Å². The Balaban J connectivity index is 0. The Labute approximate surface area is 70.0 Å². The van der Waals surface area contributed by atoms with Gasteiger partial charge in [0, 0.05) is 0 Å². The number of rotatable bonds is 0. The highest BCUT2D eigenvalue weighted by Crippen LogP contribution is 1.96. The summed E-state index contributed by atoms with van der Waals surface area (Å²) in [5.41, 5.74) is 0. The lowest BCUT2D eigenvalue weighted by Gasteiger charge is -2.08. The van der Waals surface area contributed by atoms with Crippen molar-refractivity contribution in [2.75, 3.05) is 13.1 Å². The van der Waals surface area contributed by atoms with Crippen LogP contribution in [0.25, 0.3) is 0 Å². The van der Waals surface area contributed by atoms with Gasteiger partial charge < -0.3 is 5.32 Å². The predicted octanol–water partition coefficient (Wildman–Crippen LogP) is 2.44. The maximum Gasteiger partial charge on any atom is -0.00489 e. The molecule has 0 bridgehead atoms. The van der Waals surface area contributed by atoms with E-state index in [4.69, 9.17) is 0 Å². The molecular weight excluding hydrogens is 160 g/mol. The standard InChI is InChI=1S/C5H11N.C2H6.H4P2/c1-2-4-6-5-3-1;2*1-2/h6H,1-5H2;1-2H3;1-2H2. The first kappa shape index (κ1) is 13.4. The summed E-state index contributed by atoms with van der Waals surface area (Å²) in [5.74, 6) is 0. The third kappa shape index (κ3) is 11.6. The molecule has 1 rings (SSSR count). The van der Waals surface area contributed by atoms with Crippen LogP contribution in [-0.4, -0.2) is 13.1 Å². The molecule has 2 atom stereocenters. The third-order valence-corrected chi connectivity index (χ3v) is 1.21. The number of hydrogen-bond donors (Lipinski definition) is 1. The van der Waals surface area contributed by atoms with Crippen molar-refractivity contribution < 1.29 is 0 Å². The molecule has 0 aromatic heterocycles. The molecule has 64 valence electrons. The maximum atomic E-state index is 3.28. The first-order valence-electron chi connectivity index (χ1n) is 4.04. The molecule has 0 saturated carbocycles. The van der Waals surface area contributed by atoms with Gasteiger partial charge in [0.15, 0.2) is 0 Å². The fourth-order valence-corrected chi connectivity index (χ4v) is 0.802. The molecule has 1 aliphatic rings. The molecule has 1 N–H and O–H groups in total. The Hall–Kier alpha value is 0.820. The van der Waals surface area contributed by atoms with Crippen LogP contribution < -0.4 is 5.32 Å². The predicted molar refractivity (Wildman–Crippen MR) is 57.5 cm³/mol. The second kappa shape index (κ2) is 16.4. The van der Waals surface area contributed by atoms with Crippen LogP contribution in [0.4, 0.5) is 0 Å². The molecule has 1 heterocycles. The Morgan fingerprint density at radius 2 is 1.30 bits per heavy atom. The second-order valence-corrected chi connectivity index (χ2v) is 1.81. The van der Waals surface area contributed by atoms with Crippen molar-refractivity contribution in [2.24, 2.45) is 0 Å². The van der Waals surface area contributed by atoms with Crippen molar-refractivity contribution in [1.82, 2.24) is 5.32 Å². The van der Waals surface area contributed by atoms with E-state index in [-0.39, 0.29) is 0 Å². The van der Waals surface area contributed by atoms with Gasteiger partial charge in [0.2, 0.25) is 0 Å². The normalized spacial score (nSPS) is 15.6. The molecule has 3 heteroatoms. The van der Waals surface area contributed by atoms with Gasteiger partial charge >= 0.3 is 0 Å². The molecule has 1 nitrogen and oxygen atoms in total. The van der Waals surface area contributed by atoms with Crippen molar-refractivity contribution in [3.05, 3.63) is 0 Å². The Bertz CT molecular complexity index is 27.1. The molecule has 0 aliphatic carbocycles. The Morgan fingerprint density at radius 3 is 1.40 bits per heavy atom. The zero-order chi connectivity index (χ0) is 8.24. The lowest BCUT2D eigenvalue weighted by Crippen LogP contribution is -2.21.